The minimum Gasteiger partial charge on any atom is -0.493 e. The Kier molecular flexibility index (Phi) is 4.32. The van der Waals surface area contributed by atoms with E-state index in [0.717, 1.165) is 49.2 Å². The number of aryl methyl sites for hydroxylation is 1. The SMILES string of the molecule is O=C(O)C1CCCCN1C(=O)Cc1ccc2c(c1)CCCO2. The number of ether oxygens (including phenoxy) is 1. The van der Waals surface area contributed by atoms with E-state index in [1.807, 2.05) is 18.2 Å². The molecule has 5 heteroatoms. The van der Waals surface area contributed by atoms with Crippen molar-refractivity contribution in [3.05, 3.63) is 29.3 Å². The molecule has 3 rings (SSSR count). The molecule has 2 heterocycles. The number of carboxylic acids is 1. The number of benzene rings is 1. The lowest BCUT2D eigenvalue weighted by atomic mass is 9.99. The van der Waals surface area contributed by atoms with Crippen molar-refractivity contribution in [2.75, 3.05) is 13.2 Å². The van der Waals surface area contributed by atoms with Gasteiger partial charge in [-0.15, -0.1) is 0 Å². The van der Waals surface area contributed by atoms with E-state index in [2.05, 4.69) is 0 Å². The molecule has 1 saturated heterocycles. The lowest BCUT2D eigenvalue weighted by Crippen LogP contribution is -2.48. The highest BCUT2D eigenvalue weighted by Gasteiger charge is 2.31. The van der Waals surface area contributed by atoms with Gasteiger partial charge < -0.3 is 14.7 Å². The summed E-state index contributed by atoms with van der Waals surface area (Å²) >= 11 is 0. The highest BCUT2D eigenvalue weighted by atomic mass is 16.5. The number of amides is 1. The third kappa shape index (κ3) is 3.08. The molecular weight excluding hydrogens is 282 g/mol. The summed E-state index contributed by atoms with van der Waals surface area (Å²) in [6.45, 7) is 1.29. The Bertz CT molecular complexity index is 584. The molecular formula is C17H21NO4. The van der Waals surface area contributed by atoms with Gasteiger partial charge in [0.15, 0.2) is 0 Å². The van der Waals surface area contributed by atoms with Gasteiger partial charge in [0.25, 0.3) is 0 Å². The molecule has 0 spiro atoms. The van der Waals surface area contributed by atoms with E-state index in [9.17, 15) is 14.7 Å². The van der Waals surface area contributed by atoms with Crippen LogP contribution in [0.3, 0.4) is 0 Å². The zero-order valence-corrected chi connectivity index (χ0v) is 12.6. The van der Waals surface area contributed by atoms with Crippen LogP contribution in [0, 0.1) is 0 Å². The number of likely N-dealkylation sites (tertiary alicyclic amines) is 1. The largest absolute Gasteiger partial charge is 0.493 e. The highest BCUT2D eigenvalue weighted by molar-refractivity contribution is 5.85. The van der Waals surface area contributed by atoms with Crippen molar-refractivity contribution in [1.29, 1.82) is 0 Å². The second kappa shape index (κ2) is 6.38. The van der Waals surface area contributed by atoms with Crippen LogP contribution in [-0.2, 0) is 22.4 Å². The Morgan fingerprint density at radius 2 is 2.14 bits per heavy atom. The maximum absolute atomic E-state index is 12.5. The molecule has 1 aromatic carbocycles. The predicted molar refractivity (Wildman–Crippen MR) is 80.9 cm³/mol. The molecule has 0 aromatic heterocycles. The van der Waals surface area contributed by atoms with Crippen molar-refractivity contribution in [1.82, 2.24) is 4.90 Å². The standard InChI is InChI=1S/C17H21NO4/c19-16(18-8-2-1-5-14(18)17(20)21)11-12-6-7-15-13(10-12)4-3-9-22-15/h6-7,10,14H,1-5,8-9,11H2,(H,20,21). The zero-order valence-electron chi connectivity index (χ0n) is 12.6. The average molecular weight is 303 g/mol. The molecule has 0 saturated carbocycles. The second-order valence-corrected chi connectivity index (χ2v) is 6.01. The second-order valence-electron chi connectivity index (χ2n) is 6.01. The number of aliphatic carboxylic acids is 1. The molecule has 118 valence electrons. The predicted octanol–water partition coefficient (Wildman–Crippen LogP) is 2.02. The van der Waals surface area contributed by atoms with Crippen LogP contribution in [0.5, 0.6) is 5.75 Å². The van der Waals surface area contributed by atoms with Gasteiger partial charge >= 0.3 is 5.97 Å². The van der Waals surface area contributed by atoms with Crippen LogP contribution in [0.15, 0.2) is 18.2 Å². The van der Waals surface area contributed by atoms with Crippen LogP contribution in [-0.4, -0.2) is 41.1 Å². The van der Waals surface area contributed by atoms with Gasteiger partial charge in [-0.25, -0.2) is 4.79 Å². The fourth-order valence-corrected chi connectivity index (χ4v) is 3.29. The summed E-state index contributed by atoms with van der Waals surface area (Å²) in [4.78, 5) is 25.3. The van der Waals surface area contributed by atoms with E-state index in [4.69, 9.17) is 4.74 Å². The molecule has 1 unspecified atom stereocenters. The molecule has 0 aliphatic carbocycles. The van der Waals surface area contributed by atoms with Crippen molar-refractivity contribution >= 4 is 11.9 Å². The Morgan fingerprint density at radius 1 is 1.27 bits per heavy atom. The number of fused-ring (bicyclic) bond motifs is 1. The first-order valence-corrected chi connectivity index (χ1v) is 7.92. The summed E-state index contributed by atoms with van der Waals surface area (Å²) in [6, 6.07) is 5.18. The maximum atomic E-state index is 12.5. The van der Waals surface area contributed by atoms with E-state index >= 15 is 0 Å². The molecule has 1 aromatic rings. The Labute approximate surface area is 129 Å². The van der Waals surface area contributed by atoms with Crippen LogP contribution in [0.4, 0.5) is 0 Å². The number of hydrogen-bond donors (Lipinski definition) is 1. The Hall–Kier alpha value is -2.04. The summed E-state index contributed by atoms with van der Waals surface area (Å²) in [6.07, 6.45) is 4.54. The minimum absolute atomic E-state index is 0.0937. The average Bonchev–Trinajstić information content (AvgIpc) is 2.54. The molecule has 1 amide bonds. The molecule has 2 aliphatic heterocycles. The van der Waals surface area contributed by atoms with Gasteiger partial charge in [0.2, 0.25) is 5.91 Å². The Morgan fingerprint density at radius 3 is 2.95 bits per heavy atom. The summed E-state index contributed by atoms with van der Waals surface area (Å²) in [7, 11) is 0. The topological polar surface area (TPSA) is 66.8 Å². The van der Waals surface area contributed by atoms with E-state index in [0.29, 0.717) is 13.0 Å². The first-order chi connectivity index (χ1) is 10.6. The zero-order chi connectivity index (χ0) is 15.5. The van der Waals surface area contributed by atoms with Crippen molar-refractivity contribution < 1.29 is 19.4 Å². The van der Waals surface area contributed by atoms with Gasteiger partial charge in [0.05, 0.1) is 13.0 Å². The number of carbonyl (C=O) groups is 2. The van der Waals surface area contributed by atoms with E-state index in [-0.39, 0.29) is 12.3 Å². The monoisotopic (exact) mass is 303 g/mol. The van der Waals surface area contributed by atoms with Gasteiger partial charge in [-0.2, -0.15) is 0 Å². The number of piperidine rings is 1. The van der Waals surface area contributed by atoms with Gasteiger partial charge in [0, 0.05) is 6.54 Å². The lowest BCUT2D eigenvalue weighted by Gasteiger charge is -2.33. The molecule has 2 aliphatic rings. The van der Waals surface area contributed by atoms with Crippen molar-refractivity contribution in [2.24, 2.45) is 0 Å². The number of rotatable bonds is 3. The molecule has 1 fully saturated rings. The number of carboxylic acid groups (broad SMARTS) is 1. The highest BCUT2D eigenvalue weighted by Crippen LogP contribution is 2.26. The van der Waals surface area contributed by atoms with Crippen LogP contribution in [0.1, 0.15) is 36.8 Å². The molecule has 5 nitrogen and oxygen atoms in total. The molecule has 1 atom stereocenters. The van der Waals surface area contributed by atoms with E-state index < -0.39 is 12.0 Å². The van der Waals surface area contributed by atoms with Gasteiger partial charge in [-0.3, -0.25) is 4.79 Å². The van der Waals surface area contributed by atoms with Crippen molar-refractivity contribution in [2.45, 2.75) is 44.6 Å². The minimum atomic E-state index is -0.896. The summed E-state index contributed by atoms with van der Waals surface area (Å²) < 4.78 is 5.58. The van der Waals surface area contributed by atoms with Crippen LogP contribution >= 0.6 is 0 Å². The van der Waals surface area contributed by atoms with Crippen LogP contribution in [0.25, 0.3) is 0 Å². The number of hydrogen-bond acceptors (Lipinski definition) is 3. The van der Waals surface area contributed by atoms with Crippen molar-refractivity contribution in [3.8, 4) is 5.75 Å². The summed E-state index contributed by atoms with van der Waals surface area (Å²) in [5.74, 6) is -0.0838. The first kappa shape index (κ1) is 14.9. The van der Waals surface area contributed by atoms with Gasteiger partial charge in [-0.05, 0) is 49.3 Å². The van der Waals surface area contributed by atoms with Gasteiger partial charge in [-0.1, -0.05) is 12.1 Å². The third-order valence-electron chi connectivity index (χ3n) is 4.44. The molecule has 0 bridgehead atoms. The smallest absolute Gasteiger partial charge is 0.326 e. The normalized spacial score (nSPS) is 20.9. The fourth-order valence-electron chi connectivity index (χ4n) is 3.29. The molecule has 0 radical (unpaired) electrons. The van der Waals surface area contributed by atoms with E-state index in [1.54, 1.807) is 0 Å². The fraction of sp³-hybridized carbons (Fsp3) is 0.529. The van der Waals surface area contributed by atoms with Crippen LogP contribution < -0.4 is 4.74 Å². The van der Waals surface area contributed by atoms with Gasteiger partial charge in [0.1, 0.15) is 11.8 Å². The maximum Gasteiger partial charge on any atom is 0.326 e. The van der Waals surface area contributed by atoms with E-state index in [1.165, 1.54) is 4.90 Å². The number of carbonyl (C=O) groups excluding carboxylic acids is 1. The summed E-state index contributed by atoms with van der Waals surface area (Å²) in [5, 5.41) is 9.27. The van der Waals surface area contributed by atoms with Crippen molar-refractivity contribution in [3.63, 3.8) is 0 Å². The summed E-state index contributed by atoms with van der Waals surface area (Å²) in [5.41, 5.74) is 2.08. The third-order valence-corrected chi connectivity index (χ3v) is 4.44. The van der Waals surface area contributed by atoms with Crippen LogP contribution in [0.2, 0.25) is 0 Å². The molecule has 22 heavy (non-hydrogen) atoms. The number of nitrogens with zero attached hydrogens (tertiary/aromatic N) is 1. The first-order valence-electron chi connectivity index (χ1n) is 7.92. The Balaban J connectivity index is 1.71. The molecule has 1 N–H and O–H groups in total. The lowest BCUT2D eigenvalue weighted by molar-refractivity contribution is -0.151. The quantitative estimate of drug-likeness (QED) is 0.927.